The fourth-order valence-corrected chi connectivity index (χ4v) is 0. The topological polar surface area (TPSA) is 0 Å². The molecule has 0 aliphatic carbocycles. The van der Waals surface area contributed by atoms with Crippen LogP contribution >= 0.6 is 0 Å². The van der Waals surface area contributed by atoms with E-state index in [-0.39, 0.29) is 84.2 Å². The van der Waals surface area contributed by atoms with E-state index in [1.807, 2.05) is 0 Å². The summed E-state index contributed by atoms with van der Waals surface area (Å²) >= 11 is 0. The van der Waals surface area contributed by atoms with E-state index in [0.717, 1.165) is 0 Å². The molecule has 0 aromatic carbocycles. The summed E-state index contributed by atoms with van der Waals surface area (Å²) in [7, 11) is 0. The van der Waals surface area contributed by atoms with Gasteiger partial charge in [-0.2, -0.15) is 0 Å². The maximum atomic E-state index is 0. The molecule has 0 aromatic rings. The van der Waals surface area contributed by atoms with E-state index >= 15 is 0 Å². The standard InChI is InChI=1S/Al.Cu.Mg.Sn.2H/q;;+2;;2*-1. The van der Waals surface area contributed by atoms with Crippen LogP contribution in [0.5, 0.6) is 0 Å². The van der Waals surface area contributed by atoms with Crippen molar-refractivity contribution < 1.29 is 19.9 Å². The van der Waals surface area contributed by atoms with Crippen LogP contribution in [0.25, 0.3) is 0 Å². The second-order valence-electron chi connectivity index (χ2n) is 0. The van der Waals surface area contributed by atoms with Gasteiger partial charge in [-0.25, -0.2) is 0 Å². The zero-order valence-corrected chi connectivity index (χ0v) is 8.45. The SMILES string of the molecule is [Al].[Cu].[H-].[H-].[Mg+2].[Sn]. The monoisotopic (exact) mass is 236 g/mol. The third-order valence-electron chi connectivity index (χ3n) is 0. The minimum absolute atomic E-state index is 0. The van der Waals surface area contributed by atoms with Gasteiger partial charge >= 0.3 is 23.1 Å². The Hall–Kier alpha value is 2.62. The zero-order chi connectivity index (χ0) is 0. The van der Waals surface area contributed by atoms with Crippen molar-refractivity contribution >= 4 is 64.3 Å². The molecular formula is H2AlCuMgSn. The molecule has 0 saturated carbocycles. The fraction of sp³-hybridized carbons (Fsp3) is 0. The number of rotatable bonds is 0. The van der Waals surface area contributed by atoms with Crippen LogP contribution in [0.2, 0.25) is 0 Å². The summed E-state index contributed by atoms with van der Waals surface area (Å²) in [5.74, 6) is 0. The molecule has 0 aromatic heterocycles. The first-order valence-electron chi connectivity index (χ1n) is 0. The maximum absolute atomic E-state index is 0. The molecule has 0 aliphatic rings. The first kappa shape index (κ1) is 30.5. The summed E-state index contributed by atoms with van der Waals surface area (Å²) in [5.41, 5.74) is 0. The first-order valence-corrected chi connectivity index (χ1v) is 0. The second kappa shape index (κ2) is 17.5. The summed E-state index contributed by atoms with van der Waals surface area (Å²) in [6.07, 6.45) is 0. The molecule has 0 N–H and O–H groups in total. The van der Waals surface area contributed by atoms with Gasteiger partial charge < -0.3 is 2.85 Å². The van der Waals surface area contributed by atoms with Gasteiger partial charge in [0.2, 0.25) is 0 Å². The molecule has 0 spiro atoms. The minimum Gasteiger partial charge on any atom is -1.00 e. The van der Waals surface area contributed by atoms with Gasteiger partial charge in [-0.05, 0) is 0 Å². The van der Waals surface area contributed by atoms with E-state index in [9.17, 15) is 0 Å². The smallest absolute Gasteiger partial charge is 1.00 e. The Balaban J connectivity index is 0. The van der Waals surface area contributed by atoms with Crippen molar-refractivity contribution in [3.8, 4) is 0 Å². The average Bonchev–Trinajstić information content (AvgIpc) is 0. The summed E-state index contributed by atoms with van der Waals surface area (Å²) < 4.78 is 0. The Bertz CT molecular complexity index is 13.5. The molecule has 0 unspecified atom stereocenters. The minimum atomic E-state index is 0. The van der Waals surface area contributed by atoms with Crippen LogP contribution in [0.15, 0.2) is 0 Å². The van der Waals surface area contributed by atoms with E-state index in [1.165, 1.54) is 0 Å². The van der Waals surface area contributed by atoms with E-state index in [1.54, 1.807) is 0 Å². The summed E-state index contributed by atoms with van der Waals surface area (Å²) in [6, 6.07) is 0. The van der Waals surface area contributed by atoms with Crippen LogP contribution in [0, 0.1) is 0 Å². The molecule has 4 heavy (non-hydrogen) atoms. The molecule has 0 bridgehead atoms. The molecule has 0 aliphatic heterocycles. The Kier molecular flexibility index (Phi) is 133. The van der Waals surface area contributed by atoms with Gasteiger partial charge in [-0.1, -0.05) is 0 Å². The van der Waals surface area contributed by atoms with Crippen molar-refractivity contribution in [2.45, 2.75) is 0 Å². The Morgan fingerprint density at radius 2 is 1.25 bits per heavy atom. The maximum Gasteiger partial charge on any atom is 2.00 e. The predicted molar refractivity (Wildman–Crippen MR) is 19.5 cm³/mol. The van der Waals surface area contributed by atoms with Crippen LogP contribution < -0.4 is 0 Å². The number of hydrogen-bond donors (Lipinski definition) is 0. The molecule has 0 saturated heterocycles. The normalized spacial score (nSPS) is 0. The molecule has 0 rings (SSSR count). The van der Waals surface area contributed by atoms with Gasteiger partial charge in [-0.3, -0.25) is 0 Å². The zero-order valence-electron chi connectivity index (χ0n) is 4.09. The van der Waals surface area contributed by atoms with E-state index in [2.05, 4.69) is 0 Å². The fourth-order valence-electron chi connectivity index (χ4n) is 0. The van der Waals surface area contributed by atoms with Crippen molar-refractivity contribution in [1.82, 2.24) is 0 Å². The van der Waals surface area contributed by atoms with Crippen LogP contribution in [0.1, 0.15) is 2.85 Å². The molecule has 0 atom stereocenters. The van der Waals surface area contributed by atoms with Gasteiger partial charge in [-0.15, -0.1) is 0 Å². The van der Waals surface area contributed by atoms with Gasteiger partial charge in [0, 0.05) is 58.3 Å². The van der Waals surface area contributed by atoms with E-state index < -0.39 is 0 Å². The van der Waals surface area contributed by atoms with Crippen molar-refractivity contribution in [2.75, 3.05) is 0 Å². The number of hydrogen-bond acceptors (Lipinski definition) is 0. The summed E-state index contributed by atoms with van der Waals surface area (Å²) in [4.78, 5) is 0. The second-order valence-corrected chi connectivity index (χ2v) is 0. The Labute approximate surface area is 83.2 Å². The quantitative estimate of drug-likeness (QED) is 0.477. The summed E-state index contributed by atoms with van der Waals surface area (Å²) in [5, 5.41) is 0. The van der Waals surface area contributed by atoms with E-state index in [0.29, 0.717) is 0 Å². The summed E-state index contributed by atoms with van der Waals surface area (Å²) in [6.45, 7) is 0. The van der Waals surface area contributed by atoms with Gasteiger partial charge in [0.15, 0.2) is 0 Å². The van der Waals surface area contributed by atoms with Crippen molar-refractivity contribution in [1.29, 1.82) is 0 Å². The largest absolute Gasteiger partial charge is 2.00 e. The molecule has 4 heteroatoms. The molecule has 0 fully saturated rings. The van der Waals surface area contributed by atoms with Crippen LogP contribution in [-0.4, -0.2) is 64.3 Å². The Morgan fingerprint density at radius 3 is 1.25 bits per heavy atom. The molecular weight excluding hydrogens is 234 g/mol. The first-order chi connectivity index (χ1) is 0. The molecule has 8 radical (unpaired) electrons. The molecule has 0 amide bonds. The van der Waals surface area contributed by atoms with Crippen LogP contribution in [0.3, 0.4) is 0 Å². The average molecular weight is 236 g/mol. The molecule has 22 valence electrons. The van der Waals surface area contributed by atoms with Crippen LogP contribution in [-0.2, 0) is 17.1 Å². The van der Waals surface area contributed by atoms with Gasteiger partial charge in [0.05, 0.1) is 0 Å². The van der Waals surface area contributed by atoms with Gasteiger partial charge in [0.25, 0.3) is 0 Å². The predicted octanol–water partition coefficient (Wildman–Crippen LogP) is -0.920. The van der Waals surface area contributed by atoms with Crippen molar-refractivity contribution in [2.24, 2.45) is 0 Å². The van der Waals surface area contributed by atoms with Gasteiger partial charge in [0.1, 0.15) is 0 Å². The Morgan fingerprint density at radius 1 is 1.25 bits per heavy atom. The third-order valence-corrected chi connectivity index (χ3v) is 0. The molecule has 0 nitrogen and oxygen atoms in total. The van der Waals surface area contributed by atoms with Crippen molar-refractivity contribution in [3.63, 3.8) is 0 Å². The van der Waals surface area contributed by atoms with Crippen molar-refractivity contribution in [3.05, 3.63) is 0 Å². The molecule has 0 heterocycles. The van der Waals surface area contributed by atoms with E-state index in [4.69, 9.17) is 0 Å². The van der Waals surface area contributed by atoms with Crippen LogP contribution in [0.4, 0.5) is 0 Å². The third kappa shape index (κ3) is 8.82.